The fourth-order valence-electron chi connectivity index (χ4n) is 4.09. The highest BCUT2D eigenvalue weighted by molar-refractivity contribution is 5.94. The van der Waals surface area contributed by atoms with Crippen LogP contribution in [0.4, 0.5) is 0 Å². The van der Waals surface area contributed by atoms with Gasteiger partial charge in [-0.1, -0.05) is 72.8 Å². The van der Waals surface area contributed by atoms with Crippen LogP contribution in [0, 0.1) is 0 Å². The molecule has 4 rings (SSSR count). The maximum absolute atomic E-state index is 12.9. The topological polar surface area (TPSA) is 52.7 Å². The number of nitrogens with one attached hydrogen (secondary N) is 1. The molecular weight excluding hydrogens is 410 g/mol. The molecule has 0 bridgehead atoms. The van der Waals surface area contributed by atoms with E-state index in [0.717, 1.165) is 50.3 Å². The fourth-order valence-corrected chi connectivity index (χ4v) is 4.09. The molecule has 3 aromatic rings. The van der Waals surface area contributed by atoms with Gasteiger partial charge in [0.2, 0.25) is 5.91 Å². The van der Waals surface area contributed by atoms with Crippen molar-refractivity contribution in [2.45, 2.75) is 25.9 Å². The van der Waals surface area contributed by atoms with Crippen LogP contribution in [0.15, 0.2) is 84.9 Å². The summed E-state index contributed by atoms with van der Waals surface area (Å²) in [5.74, 6) is 0.111. The van der Waals surface area contributed by atoms with Crippen LogP contribution in [0.5, 0.6) is 0 Å². The van der Waals surface area contributed by atoms with Crippen molar-refractivity contribution in [2.75, 3.05) is 26.2 Å². The number of aryl methyl sites for hydroxylation is 1. The largest absolute Gasteiger partial charge is 0.352 e. The summed E-state index contributed by atoms with van der Waals surface area (Å²) in [4.78, 5) is 29.4. The van der Waals surface area contributed by atoms with Crippen LogP contribution in [0.25, 0.3) is 0 Å². The summed E-state index contributed by atoms with van der Waals surface area (Å²) in [7, 11) is 0. The average Bonchev–Trinajstić information content (AvgIpc) is 2.88. The van der Waals surface area contributed by atoms with E-state index in [1.807, 2.05) is 65.6 Å². The van der Waals surface area contributed by atoms with E-state index in [9.17, 15) is 9.59 Å². The molecular formula is C28H31N3O2. The summed E-state index contributed by atoms with van der Waals surface area (Å²) >= 11 is 0. The lowest BCUT2D eigenvalue weighted by molar-refractivity contribution is -0.121. The molecule has 1 saturated heterocycles. The van der Waals surface area contributed by atoms with Crippen LogP contribution < -0.4 is 5.32 Å². The van der Waals surface area contributed by atoms with Crippen LogP contribution in [-0.4, -0.2) is 47.8 Å². The van der Waals surface area contributed by atoms with Gasteiger partial charge >= 0.3 is 0 Å². The Morgan fingerprint density at radius 3 is 1.94 bits per heavy atom. The van der Waals surface area contributed by atoms with E-state index < -0.39 is 0 Å². The van der Waals surface area contributed by atoms with Gasteiger partial charge in [-0.2, -0.15) is 0 Å². The molecule has 0 spiro atoms. The molecule has 0 aliphatic carbocycles. The van der Waals surface area contributed by atoms with Gasteiger partial charge < -0.3 is 10.2 Å². The SMILES string of the molecule is O=C(CCc1ccccc1)NCc1ccc(C(=O)N2CCN(Cc3ccccc3)CC2)cc1. The Morgan fingerprint density at radius 2 is 1.30 bits per heavy atom. The van der Waals surface area contributed by atoms with Crippen molar-refractivity contribution in [3.8, 4) is 0 Å². The van der Waals surface area contributed by atoms with Gasteiger partial charge in [0.1, 0.15) is 0 Å². The van der Waals surface area contributed by atoms with Crippen molar-refractivity contribution in [1.29, 1.82) is 0 Å². The van der Waals surface area contributed by atoms with Crippen molar-refractivity contribution in [3.05, 3.63) is 107 Å². The number of benzene rings is 3. The molecule has 0 unspecified atom stereocenters. The van der Waals surface area contributed by atoms with E-state index in [1.165, 1.54) is 5.56 Å². The van der Waals surface area contributed by atoms with Gasteiger partial charge in [-0.3, -0.25) is 14.5 Å². The first-order valence-corrected chi connectivity index (χ1v) is 11.6. The number of hydrogen-bond donors (Lipinski definition) is 1. The van der Waals surface area contributed by atoms with Crippen LogP contribution in [0.1, 0.15) is 33.5 Å². The lowest BCUT2D eigenvalue weighted by Crippen LogP contribution is -2.48. The van der Waals surface area contributed by atoms with E-state index in [0.29, 0.717) is 18.5 Å². The highest BCUT2D eigenvalue weighted by Crippen LogP contribution is 2.13. The van der Waals surface area contributed by atoms with Gasteiger partial charge in [-0.15, -0.1) is 0 Å². The third-order valence-corrected chi connectivity index (χ3v) is 6.08. The van der Waals surface area contributed by atoms with Gasteiger partial charge in [0.05, 0.1) is 0 Å². The first-order chi connectivity index (χ1) is 16.2. The van der Waals surface area contributed by atoms with E-state index in [1.54, 1.807) is 0 Å². The summed E-state index contributed by atoms with van der Waals surface area (Å²) in [6.07, 6.45) is 1.20. The summed E-state index contributed by atoms with van der Waals surface area (Å²) < 4.78 is 0. The molecule has 0 saturated carbocycles. The number of hydrogen-bond acceptors (Lipinski definition) is 3. The Balaban J connectivity index is 1.20. The van der Waals surface area contributed by atoms with E-state index in [-0.39, 0.29) is 11.8 Å². The second-order valence-electron chi connectivity index (χ2n) is 8.51. The Labute approximate surface area is 196 Å². The second-order valence-corrected chi connectivity index (χ2v) is 8.51. The highest BCUT2D eigenvalue weighted by atomic mass is 16.2. The molecule has 5 heteroatoms. The van der Waals surface area contributed by atoms with E-state index in [2.05, 4.69) is 34.5 Å². The average molecular weight is 442 g/mol. The van der Waals surface area contributed by atoms with Gasteiger partial charge in [0.25, 0.3) is 5.91 Å². The lowest BCUT2D eigenvalue weighted by atomic mass is 10.1. The molecule has 1 fully saturated rings. The molecule has 170 valence electrons. The molecule has 1 aliphatic rings. The number of carbonyl (C=O) groups is 2. The maximum Gasteiger partial charge on any atom is 0.253 e. The third kappa shape index (κ3) is 6.77. The molecule has 2 amide bonds. The zero-order valence-corrected chi connectivity index (χ0v) is 19.0. The number of carbonyl (C=O) groups excluding carboxylic acids is 2. The van der Waals surface area contributed by atoms with Crippen LogP contribution in [0.2, 0.25) is 0 Å². The molecule has 5 nitrogen and oxygen atoms in total. The normalized spacial score (nSPS) is 14.1. The van der Waals surface area contributed by atoms with Crippen LogP contribution in [-0.2, 0) is 24.3 Å². The Bertz CT molecular complexity index is 1030. The molecule has 0 aromatic heterocycles. The van der Waals surface area contributed by atoms with Crippen molar-refractivity contribution >= 4 is 11.8 Å². The van der Waals surface area contributed by atoms with Crippen molar-refractivity contribution in [1.82, 2.24) is 15.1 Å². The van der Waals surface area contributed by atoms with Gasteiger partial charge in [-0.25, -0.2) is 0 Å². The maximum atomic E-state index is 12.9. The fraction of sp³-hybridized carbons (Fsp3) is 0.286. The monoisotopic (exact) mass is 441 g/mol. The predicted octanol–water partition coefficient (Wildman–Crippen LogP) is 3.89. The molecule has 1 aliphatic heterocycles. The Morgan fingerprint density at radius 1 is 0.697 bits per heavy atom. The zero-order valence-electron chi connectivity index (χ0n) is 19.0. The first kappa shape index (κ1) is 22.7. The molecule has 1 heterocycles. The molecule has 1 N–H and O–H groups in total. The van der Waals surface area contributed by atoms with Crippen molar-refractivity contribution in [2.24, 2.45) is 0 Å². The Hall–Kier alpha value is -3.44. The second kappa shape index (κ2) is 11.4. The van der Waals surface area contributed by atoms with Gasteiger partial charge in [-0.05, 0) is 35.2 Å². The Kier molecular flexibility index (Phi) is 7.88. The first-order valence-electron chi connectivity index (χ1n) is 11.6. The van der Waals surface area contributed by atoms with E-state index in [4.69, 9.17) is 0 Å². The smallest absolute Gasteiger partial charge is 0.253 e. The van der Waals surface area contributed by atoms with Crippen LogP contribution >= 0.6 is 0 Å². The van der Waals surface area contributed by atoms with Gasteiger partial charge in [0.15, 0.2) is 0 Å². The minimum atomic E-state index is 0.0346. The van der Waals surface area contributed by atoms with Gasteiger partial charge in [0, 0.05) is 51.3 Å². The predicted molar refractivity (Wildman–Crippen MR) is 131 cm³/mol. The quantitative estimate of drug-likeness (QED) is 0.577. The number of nitrogens with zero attached hydrogens (tertiary/aromatic N) is 2. The minimum absolute atomic E-state index is 0.0346. The molecule has 0 radical (unpaired) electrons. The highest BCUT2D eigenvalue weighted by Gasteiger charge is 2.22. The van der Waals surface area contributed by atoms with Crippen molar-refractivity contribution in [3.63, 3.8) is 0 Å². The minimum Gasteiger partial charge on any atom is -0.352 e. The van der Waals surface area contributed by atoms with Crippen LogP contribution in [0.3, 0.4) is 0 Å². The lowest BCUT2D eigenvalue weighted by Gasteiger charge is -2.34. The molecule has 0 atom stereocenters. The summed E-state index contributed by atoms with van der Waals surface area (Å²) in [6, 6.07) is 28.1. The number of rotatable bonds is 8. The van der Waals surface area contributed by atoms with E-state index >= 15 is 0 Å². The summed E-state index contributed by atoms with van der Waals surface area (Å²) in [6.45, 7) is 4.64. The summed E-state index contributed by atoms with van der Waals surface area (Å²) in [5.41, 5.74) is 4.16. The number of piperazine rings is 1. The third-order valence-electron chi connectivity index (χ3n) is 6.08. The zero-order chi connectivity index (χ0) is 22.9. The summed E-state index contributed by atoms with van der Waals surface area (Å²) in [5, 5.41) is 2.97. The standard InChI is InChI=1S/C28H31N3O2/c32-27(16-13-23-7-3-1-4-8-23)29-21-24-11-14-26(15-12-24)28(33)31-19-17-30(18-20-31)22-25-9-5-2-6-10-25/h1-12,14-15H,13,16-22H2,(H,29,32). The number of amides is 2. The van der Waals surface area contributed by atoms with Crippen molar-refractivity contribution < 1.29 is 9.59 Å². The molecule has 33 heavy (non-hydrogen) atoms. The molecule has 3 aromatic carbocycles.